The van der Waals surface area contributed by atoms with Gasteiger partial charge in [-0.15, -0.1) is 11.3 Å². The highest BCUT2D eigenvalue weighted by atomic mass is 32.1. The van der Waals surface area contributed by atoms with Crippen LogP contribution in [-0.2, 0) is 16.0 Å². The van der Waals surface area contributed by atoms with Crippen LogP contribution in [0.4, 0.5) is 0 Å². The van der Waals surface area contributed by atoms with E-state index in [1.54, 1.807) is 11.3 Å². The predicted octanol–water partition coefficient (Wildman–Crippen LogP) is 3.29. The highest BCUT2D eigenvalue weighted by molar-refractivity contribution is 7.18. The Balaban J connectivity index is 1.57. The van der Waals surface area contributed by atoms with Crippen molar-refractivity contribution in [2.24, 2.45) is 5.41 Å². The first-order chi connectivity index (χ1) is 11.9. The van der Waals surface area contributed by atoms with Crippen LogP contribution in [0, 0.1) is 5.41 Å². The van der Waals surface area contributed by atoms with Crippen molar-refractivity contribution in [1.29, 1.82) is 0 Å². The number of carbonyl (C=O) groups is 2. The van der Waals surface area contributed by atoms with Gasteiger partial charge < -0.3 is 10.6 Å². The zero-order valence-electron chi connectivity index (χ0n) is 15.2. The predicted molar refractivity (Wildman–Crippen MR) is 103 cm³/mol. The number of carbonyl (C=O) groups excluding carboxylic acids is 2. The lowest BCUT2D eigenvalue weighted by molar-refractivity contribution is -0.128. The van der Waals surface area contributed by atoms with E-state index >= 15 is 0 Å². The van der Waals surface area contributed by atoms with Crippen LogP contribution in [0.3, 0.4) is 0 Å². The van der Waals surface area contributed by atoms with E-state index in [0.29, 0.717) is 25.9 Å². The fourth-order valence-electron chi connectivity index (χ4n) is 2.30. The van der Waals surface area contributed by atoms with Gasteiger partial charge in [0.05, 0.1) is 15.2 Å². The van der Waals surface area contributed by atoms with Gasteiger partial charge in [-0.1, -0.05) is 32.9 Å². The maximum atomic E-state index is 11.8. The zero-order valence-corrected chi connectivity index (χ0v) is 16.0. The number of benzene rings is 1. The Morgan fingerprint density at radius 2 is 1.80 bits per heavy atom. The average Bonchev–Trinajstić information content (AvgIpc) is 2.97. The van der Waals surface area contributed by atoms with Gasteiger partial charge in [-0.05, 0) is 25.0 Å². The molecule has 25 heavy (non-hydrogen) atoms. The summed E-state index contributed by atoms with van der Waals surface area (Å²) in [4.78, 5) is 28.1. The van der Waals surface area contributed by atoms with Gasteiger partial charge in [0.25, 0.3) is 0 Å². The number of aryl methyl sites for hydroxylation is 1. The van der Waals surface area contributed by atoms with Crippen molar-refractivity contribution in [3.05, 3.63) is 29.3 Å². The van der Waals surface area contributed by atoms with E-state index in [-0.39, 0.29) is 17.2 Å². The molecule has 1 heterocycles. The molecule has 0 fully saturated rings. The quantitative estimate of drug-likeness (QED) is 0.709. The van der Waals surface area contributed by atoms with Gasteiger partial charge in [0.15, 0.2) is 0 Å². The van der Waals surface area contributed by atoms with Crippen molar-refractivity contribution < 1.29 is 9.59 Å². The van der Waals surface area contributed by atoms with Crippen molar-refractivity contribution in [3.8, 4) is 0 Å². The molecule has 0 aliphatic carbocycles. The molecule has 6 heteroatoms. The summed E-state index contributed by atoms with van der Waals surface area (Å²) < 4.78 is 1.21. The highest BCUT2D eigenvalue weighted by Gasteiger charge is 2.20. The first-order valence-corrected chi connectivity index (χ1v) is 9.57. The van der Waals surface area contributed by atoms with Crippen LogP contribution in [0.5, 0.6) is 0 Å². The third kappa shape index (κ3) is 6.46. The van der Waals surface area contributed by atoms with E-state index in [1.165, 1.54) is 4.70 Å². The molecule has 1 aromatic carbocycles. The fraction of sp³-hybridized carbons (Fsp3) is 0.526. The summed E-state index contributed by atoms with van der Waals surface area (Å²) in [5.41, 5.74) is 0.659. The molecule has 0 bridgehead atoms. The van der Waals surface area contributed by atoms with Crippen LogP contribution in [0.1, 0.15) is 45.0 Å². The number of hydrogen-bond donors (Lipinski definition) is 2. The van der Waals surface area contributed by atoms with Crippen molar-refractivity contribution in [2.75, 3.05) is 13.1 Å². The van der Waals surface area contributed by atoms with E-state index in [0.717, 1.165) is 23.4 Å². The topological polar surface area (TPSA) is 71.1 Å². The summed E-state index contributed by atoms with van der Waals surface area (Å²) in [6, 6.07) is 8.12. The standard InChI is InChI=1S/C19H27N3O2S/c1-19(2,3)18(24)21-13-6-10-16(23)20-12-7-11-17-22-14-8-4-5-9-15(14)25-17/h4-5,8-9H,6-7,10-13H2,1-3H3,(H,20,23)(H,21,24). The Morgan fingerprint density at radius 1 is 1.08 bits per heavy atom. The molecule has 1 aromatic heterocycles. The summed E-state index contributed by atoms with van der Waals surface area (Å²) in [7, 11) is 0. The molecule has 2 rings (SSSR count). The van der Waals surface area contributed by atoms with Gasteiger partial charge >= 0.3 is 0 Å². The first-order valence-electron chi connectivity index (χ1n) is 8.76. The molecule has 0 atom stereocenters. The number of nitrogens with one attached hydrogen (secondary N) is 2. The van der Waals surface area contributed by atoms with E-state index in [2.05, 4.69) is 21.7 Å². The zero-order chi connectivity index (χ0) is 18.3. The van der Waals surface area contributed by atoms with Crippen LogP contribution in [0.25, 0.3) is 10.2 Å². The highest BCUT2D eigenvalue weighted by Crippen LogP contribution is 2.22. The molecule has 136 valence electrons. The minimum atomic E-state index is -0.386. The van der Waals surface area contributed by atoms with E-state index < -0.39 is 0 Å². The summed E-state index contributed by atoms with van der Waals surface area (Å²) in [6.07, 6.45) is 2.85. The average molecular weight is 362 g/mol. The lowest BCUT2D eigenvalue weighted by atomic mass is 9.96. The Hall–Kier alpha value is -1.95. The number of amides is 2. The van der Waals surface area contributed by atoms with Gasteiger partial charge in [-0.2, -0.15) is 0 Å². The lowest BCUT2D eigenvalue weighted by Gasteiger charge is -2.17. The largest absolute Gasteiger partial charge is 0.356 e. The minimum Gasteiger partial charge on any atom is -0.356 e. The molecule has 0 aliphatic heterocycles. The van der Waals surface area contributed by atoms with Crippen molar-refractivity contribution >= 4 is 33.4 Å². The molecule has 0 saturated carbocycles. The Kier molecular flexibility index (Phi) is 6.93. The van der Waals surface area contributed by atoms with Gasteiger partial charge in [-0.3, -0.25) is 9.59 Å². The number of aromatic nitrogens is 1. The molecular formula is C19H27N3O2S. The Labute approximate surface area is 153 Å². The normalized spacial score (nSPS) is 11.5. The summed E-state index contributed by atoms with van der Waals surface area (Å²) in [6.45, 7) is 6.82. The van der Waals surface area contributed by atoms with Gasteiger partial charge in [0.1, 0.15) is 0 Å². The Bertz CT molecular complexity index is 686. The monoisotopic (exact) mass is 361 g/mol. The maximum absolute atomic E-state index is 11.8. The second-order valence-corrected chi connectivity index (χ2v) is 8.25. The van der Waals surface area contributed by atoms with Gasteiger partial charge in [-0.25, -0.2) is 4.98 Å². The van der Waals surface area contributed by atoms with Crippen LogP contribution in [0.2, 0.25) is 0 Å². The number of rotatable bonds is 8. The molecule has 0 unspecified atom stereocenters. The summed E-state index contributed by atoms with van der Waals surface area (Å²) in [5, 5.41) is 6.90. The van der Waals surface area contributed by atoms with Crippen LogP contribution in [0.15, 0.2) is 24.3 Å². The molecule has 0 saturated heterocycles. The number of para-hydroxylation sites is 1. The van der Waals surface area contributed by atoms with Gasteiger partial charge in [0.2, 0.25) is 11.8 Å². The third-order valence-electron chi connectivity index (χ3n) is 3.78. The molecule has 0 aliphatic rings. The van der Waals surface area contributed by atoms with Crippen molar-refractivity contribution in [3.63, 3.8) is 0 Å². The van der Waals surface area contributed by atoms with Crippen molar-refractivity contribution in [1.82, 2.24) is 15.6 Å². The first kappa shape index (κ1) is 19.4. The fourth-order valence-corrected chi connectivity index (χ4v) is 3.31. The summed E-state index contributed by atoms with van der Waals surface area (Å²) in [5.74, 6) is 0.0538. The smallest absolute Gasteiger partial charge is 0.225 e. The number of nitrogens with zero attached hydrogens (tertiary/aromatic N) is 1. The molecule has 2 aromatic rings. The van der Waals surface area contributed by atoms with Crippen LogP contribution in [-0.4, -0.2) is 29.9 Å². The molecule has 5 nitrogen and oxygen atoms in total. The second-order valence-electron chi connectivity index (χ2n) is 7.14. The number of fused-ring (bicyclic) bond motifs is 1. The third-order valence-corrected chi connectivity index (χ3v) is 4.87. The lowest BCUT2D eigenvalue weighted by Crippen LogP contribution is -2.35. The molecule has 0 radical (unpaired) electrons. The number of hydrogen-bond acceptors (Lipinski definition) is 4. The molecule has 2 amide bonds. The SMILES string of the molecule is CC(C)(C)C(=O)NCCCC(=O)NCCCc1nc2ccccc2s1. The number of thiazole rings is 1. The molecule has 2 N–H and O–H groups in total. The molecule has 0 spiro atoms. The van der Waals surface area contributed by atoms with E-state index in [1.807, 2.05) is 39.0 Å². The Morgan fingerprint density at radius 3 is 2.52 bits per heavy atom. The van der Waals surface area contributed by atoms with Gasteiger partial charge in [0, 0.05) is 31.3 Å². The van der Waals surface area contributed by atoms with E-state index in [9.17, 15) is 9.59 Å². The summed E-state index contributed by atoms with van der Waals surface area (Å²) >= 11 is 1.71. The van der Waals surface area contributed by atoms with Crippen LogP contribution < -0.4 is 10.6 Å². The van der Waals surface area contributed by atoms with Crippen molar-refractivity contribution in [2.45, 2.75) is 46.5 Å². The molecular weight excluding hydrogens is 334 g/mol. The van der Waals surface area contributed by atoms with E-state index in [4.69, 9.17) is 0 Å². The minimum absolute atomic E-state index is 0.0174. The maximum Gasteiger partial charge on any atom is 0.225 e. The second kappa shape index (κ2) is 8.94. The van der Waals surface area contributed by atoms with Crippen LogP contribution >= 0.6 is 11.3 Å².